The maximum absolute atomic E-state index is 11.6. The second-order valence-corrected chi connectivity index (χ2v) is 7.56. The van der Waals surface area contributed by atoms with Crippen LogP contribution in [0.5, 0.6) is 0 Å². The van der Waals surface area contributed by atoms with Crippen LogP contribution in [0.25, 0.3) is 0 Å². The summed E-state index contributed by atoms with van der Waals surface area (Å²) in [4.78, 5) is 2.62. The average Bonchev–Trinajstić information content (AvgIpc) is 2.65. The van der Waals surface area contributed by atoms with Crippen molar-refractivity contribution in [2.45, 2.75) is 63.6 Å². The minimum Gasteiger partial charge on any atom is -0.380 e. The number of rotatable bonds is 6. The lowest BCUT2D eigenvalue weighted by Crippen LogP contribution is -2.44. The summed E-state index contributed by atoms with van der Waals surface area (Å²) in [6.45, 7) is 5.75. The first-order chi connectivity index (χ1) is 12.1. The van der Waals surface area contributed by atoms with Crippen molar-refractivity contribution in [1.29, 1.82) is 0 Å². The molecule has 1 N–H and O–H groups in total. The van der Waals surface area contributed by atoms with E-state index in [0.29, 0.717) is 12.1 Å². The van der Waals surface area contributed by atoms with Gasteiger partial charge in [-0.25, -0.2) is 0 Å². The van der Waals surface area contributed by atoms with Crippen LogP contribution < -0.4 is 0 Å². The molecule has 0 amide bonds. The molecule has 0 spiro atoms. The van der Waals surface area contributed by atoms with Gasteiger partial charge in [-0.3, -0.25) is 4.90 Å². The summed E-state index contributed by atoms with van der Waals surface area (Å²) in [6.07, 6.45) is 5.68. The molecule has 1 saturated heterocycles. The smallest absolute Gasteiger partial charge is 0.115 e. The molecule has 3 heteroatoms. The second-order valence-electron chi connectivity index (χ2n) is 7.56. The van der Waals surface area contributed by atoms with Crippen molar-refractivity contribution in [2.75, 3.05) is 6.54 Å². The molecular weight excluding hydrogens is 386 g/mol. The highest BCUT2D eigenvalue weighted by Crippen LogP contribution is 2.34. The molecule has 1 aliphatic rings. The molecule has 0 aromatic heterocycles. The number of hydrogen-bond donors (Lipinski definition) is 1. The lowest BCUT2D eigenvalue weighted by Gasteiger charge is -2.40. The van der Waals surface area contributed by atoms with Crippen molar-refractivity contribution in [1.82, 2.24) is 4.90 Å². The Balaban J connectivity index is 0.00000243. The van der Waals surface area contributed by atoms with Gasteiger partial charge in [0.25, 0.3) is 0 Å². The molecule has 142 valence electrons. The third-order valence-electron chi connectivity index (χ3n) is 5.83. The van der Waals surface area contributed by atoms with Crippen molar-refractivity contribution in [3.63, 3.8) is 0 Å². The molecule has 0 bridgehead atoms. The van der Waals surface area contributed by atoms with E-state index in [9.17, 15) is 5.11 Å². The van der Waals surface area contributed by atoms with Crippen LogP contribution in [0.1, 0.15) is 57.1 Å². The van der Waals surface area contributed by atoms with Crippen LogP contribution in [-0.4, -0.2) is 28.6 Å². The van der Waals surface area contributed by atoms with E-state index in [0.717, 1.165) is 30.5 Å². The number of hydrogen-bond acceptors (Lipinski definition) is 2. The predicted octanol–water partition coefficient (Wildman–Crippen LogP) is 5.54. The Morgan fingerprint density at radius 2 is 1.35 bits per heavy atom. The van der Waals surface area contributed by atoms with E-state index in [1.165, 1.54) is 19.3 Å². The fourth-order valence-corrected chi connectivity index (χ4v) is 4.32. The van der Waals surface area contributed by atoms with Gasteiger partial charge in [0, 0.05) is 12.1 Å². The Hall–Kier alpha value is -1.16. The van der Waals surface area contributed by atoms with Crippen molar-refractivity contribution in [3.8, 4) is 0 Å². The maximum atomic E-state index is 11.6. The molecule has 3 rings (SSSR count). The van der Waals surface area contributed by atoms with E-state index < -0.39 is 5.60 Å². The van der Waals surface area contributed by atoms with Crippen LogP contribution >= 0.6 is 17.0 Å². The fourth-order valence-electron chi connectivity index (χ4n) is 4.32. The summed E-state index contributed by atoms with van der Waals surface area (Å²) in [7, 11) is 0. The normalized spacial score (nSPS) is 21.2. The largest absolute Gasteiger partial charge is 0.380 e. The monoisotopic (exact) mass is 417 g/mol. The molecule has 26 heavy (non-hydrogen) atoms. The number of aliphatic hydroxyl groups is 1. The molecule has 2 aromatic rings. The first kappa shape index (κ1) is 21.1. The van der Waals surface area contributed by atoms with Crippen LogP contribution in [0.2, 0.25) is 0 Å². The van der Waals surface area contributed by atoms with E-state index in [1.54, 1.807) is 0 Å². The summed E-state index contributed by atoms with van der Waals surface area (Å²) >= 11 is 0. The van der Waals surface area contributed by atoms with Crippen LogP contribution in [0.15, 0.2) is 60.7 Å². The molecule has 0 aliphatic carbocycles. The average molecular weight is 418 g/mol. The van der Waals surface area contributed by atoms with Gasteiger partial charge in [-0.15, -0.1) is 17.0 Å². The molecule has 2 aromatic carbocycles. The minimum absolute atomic E-state index is 0. The Bertz CT molecular complexity index is 596. The van der Waals surface area contributed by atoms with E-state index in [2.05, 4.69) is 18.7 Å². The molecular formula is C23H32BrNO. The summed E-state index contributed by atoms with van der Waals surface area (Å²) in [6, 6.07) is 21.5. The van der Waals surface area contributed by atoms with Crippen molar-refractivity contribution >= 4 is 17.0 Å². The summed E-state index contributed by atoms with van der Waals surface area (Å²) in [5.41, 5.74) is 1.06. The highest BCUT2D eigenvalue weighted by Gasteiger charge is 2.32. The van der Waals surface area contributed by atoms with Crippen molar-refractivity contribution in [3.05, 3.63) is 71.8 Å². The summed E-state index contributed by atoms with van der Waals surface area (Å²) < 4.78 is 0. The number of piperidine rings is 1. The Kier molecular flexibility index (Phi) is 7.87. The highest BCUT2D eigenvalue weighted by atomic mass is 79.9. The SMILES string of the molecule is Br.CC1CCCC(C)N1CCCC(O)(c1ccccc1)c1ccccc1. The summed E-state index contributed by atoms with van der Waals surface area (Å²) in [5.74, 6) is 0. The van der Waals surface area contributed by atoms with Gasteiger partial charge in [0.15, 0.2) is 0 Å². The zero-order valence-electron chi connectivity index (χ0n) is 16.0. The van der Waals surface area contributed by atoms with E-state index >= 15 is 0 Å². The molecule has 1 aliphatic heterocycles. The highest BCUT2D eigenvalue weighted by molar-refractivity contribution is 8.93. The topological polar surface area (TPSA) is 23.5 Å². The van der Waals surface area contributed by atoms with Gasteiger partial charge in [0.1, 0.15) is 5.60 Å². The third-order valence-corrected chi connectivity index (χ3v) is 5.83. The first-order valence-corrected chi connectivity index (χ1v) is 9.70. The zero-order chi connectivity index (χ0) is 17.7. The van der Waals surface area contributed by atoms with Crippen LogP contribution in [-0.2, 0) is 5.60 Å². The Morgan fingerprint density at radius 3 is 1.81 bits per heavy atom. The van der Waals surface area contributed by atoms with Crippen molar-refractivity contribution < 1.29 is 5.11 Å². The predicted molar refractivity (Wildman–Crippen MR) is 115 cm³/mol. The van der Waals surface area contributed by atoms with E-state index in [-0.39, 0.29) is 17.0 Å². The second kappa shape index (κ2) is 9.68. The molecule has 0 saturated carbocycles. The minimum atomic E-state index is -0.912. The molecule has 0 radical (unpaired) electrons. The van der Waals surface area contributed by atoms with E-state index in [4.69, 9.17) is 0 Å². The number of benzene rings is 2. The lowest BCUT2D eigenvalue weighted by atomic mass is 9.82. The molecule has 2 atom stereocenters. The van der Waals surface area contributed by atoms with Crippen LogP contribution in [0.4, 0.5) is 0 Å². The van der Waals surface area contributed by atoms with Crippen LogP contribution in [0.3, 0.4) is 0 Å². The van der Waals surface area contributed by atoms with Gasteiger partial charge in [-0.05, 0) is 57.2 Å². The third kappa shape index (κ3) is 4.76. The van der Waals surface area contributed by atoms with Gasteiger partial charge in [-0.1, -0.05) is 67.1 Å². The zero-order valence-corrected chi connectivity index (χ0v) is 17.7. The standard InChI is InChI=1S/C23H31NO.BrH/c1-19-11-9-12-20(2)24(19)18-10-17-23(25,21-13-5-3-6-14-21)22-15-7-4-8-16-22;/h3-8,13-16,19-20,25H,9-12,17-18H2,1-2H3;1H. The quantitative estimate of drug-likeness (QED) is 0.666. The molecule has 1 heterocycles. The Morgan fingerprint density at radius 1 is 0.885 bits per heavy atom. The van der Waals surface area contributed by atoms with Gasteiger partial charge < -0.3 is 5.11 Å². The molecule has 2 unspecified atom stereocenters. The molecule has 1 fully saturated rings. The fraction of sp³-hybridized carbons (Fsp3) is 0.478. The van der Waals surface area contributed by atoms with E-state index in [1.807, 2.05) is 60.7 Å². The van der Waals surface area contributed by atoms with Gasteiger partial charge in [0.05, 0.1) is 0 Å². The maximum Gasteiger partial charge on any atom is 0.115 e. The lowest BCUT2D eigenvalue weighted by molar-refractivity contribution is 0.0522. The summed E-state index contributed by atoms with van der Waals surface area (Å²) in [5, 5.41) is 11.6. The Labute approximate surface area is 169 Å². The first-order valence-electron chi connectivity index (χ1n) is 9.70. The van der Waals surface area contributed by atoms with Gasteiger partial charge >= 0.3 is 0 Å². The van der Waals surface area contributed by atoms with Gasteiger partial charge in [-0.2, -0.15) is 0 Å². The number of nitrogens with zero attached hydrogens (tertiary/aromatic N) is 1. The number of halogens is 1. The number of likely N-dealkylation sites (tertiary alicyclic amines) is 1. The van der Waals surface area contributed by atoms with Gasteiger partial charge in [0.2, 0.25) is 0 Å². The van der Waals surface area contributed by atoms with Crippen molar-refractivity contribution in [2.24, 2.45) is 0 Å². The van der Waals surface area contributed by atoms with Crippen LogP contribution in [0, 0.1) is 0 Å². The molecule has 2 nitrogen and oxygen atoms in total.